The van der Waals surface area contributed by atoms with Crippen LogP contribution in [0.1, 0.15) is 31.1 Å². The second-order valence-electron chi connectivity index (χ2n) is 5.02. The van der Waals surface area contributed by atoms with Crippen LogP contribution in [0.4, 0.5) is 5.69 Å². The van der Waals surface area contributed by atoms with Gasteiger partial charge in [0.25, 0.3) is 5.91 Å². The van der Waals surface area contributed by atoms with Crippen molar-refractivity contribution in [2.24, 2.45) is 5.92 Å². The number of hydrogen-bond acceptors (Lipinski definition) is 2. The van der Waals surface area contributed by atoms with Gasteiger partial charge >= 0.3 is 0 Å². The molecule has 0 aliphatic carbocycles. The molecule has 21 heavy (non-hydrogen) atoms. The van der Waals surface area contributed by atoms with E-state index in [9.17, 15) is 9.59 Å². The Hall–Kier alpha value is -2.36. The molecular weight excluding hydrogens is 264 g/mol. The van der Waals surface area contributed by atoms with Gasteiger partial charge in [-0.2, -0.15) is 0 Å². The number of amides is 2. The molecule has 0 radical (unpaired) electrons. The van der Waals surface area contributed by atoms with Gasteiger partial charge in [-0.1, -0.05) is 44.2 Å². The third kappa shape index (κ3) is 6.08. The molecule has 0 atom stereocenters. The number of nitrogens with one attached hydrogen (secondary N) is 2. The quantitative estimate of drug-likeness (QED) is 0.623. The van der Waals surface area contributed by atoms with Gasteiger partial charge in [-0.25, -0.2) is 0 Å². The number of rotatable bonds is 6. The molecular formula is C17H22N2O2. The predicted molar refractivity (Wildman–Crippen MR) is 86.2 cm³/mol. The highest BCUT2D eigenvalue weighted by Crippen LogP contribution is 2.15. The van der Waals surface area contributed by atoms with Crippen LogP contribution in [0.25, 0.3) is 0 Å². The van der Waals surface area contributed by atoms with Crippen LogP contribution in [0, 0.1) is 5.92 Å². The fraction of sp³-hybridized carbons (Fsp3) is 0.294. The van der Waals surface area contributed by atoms with E-state index >= 15 is 0 Å². The average molecular weight is 286 g/mol. The van der Waals surface area contributed by atoms with E-state index in [4.69, 9.17) is 0 Å². The molecule has 0 aliphatic heterocycles. The zero-order valence-corrected chi connectivity index (χ0v) is 12.7. The van der Waals surface area contributed by atoms with Crippen LogP contribution >= 0.6 is 0 Å². The molecule has 0 fully saturated rings. The summed E-state index contributed by atoms with van der Waals surface area (Å²) >= 11 is 0. The number of hydrogen-bond donors (Lipinski definition) is 2. The van der Waals surface area contributed by atoms with Crippen LogP contribution in [0.15, 0.2) is 48.6 Å². The number of allylic oxidation sites excluding steroid dienone is 3. The molecule has 112 valence electrons. The highest BCUT2D eigenvalue weighted by molar-refractivity contribution is 6.06. The second kappa shape index (κ2) is 8.74. The molecule has 4 nitrogen and oxygen atoms in total. The van der Waals surface area contributed by atoms with Crippen molar-refractivity contribution < 1.29 is 9.59 Å². The van der Waals surface area contributed by atoms with E-state index in [1.807, 2.05) is 26.8 Å². The molecule has 0 heterocycles. The monoisotopic (exact) mass is 286 g/mol. The maximum Gasteiger partial charge on any atom is 0.253 e. The van der Waals surface area contributed by atoms with Gasteiger partial charge in [0, 0.05) is 12.6 Å². The van der Waals surface area contributed by atoms with Gasteiger partial charge < -0.3 is 10.6 Å². The van der Waals surface area contributed by atoms with Crippen LogP contribution in [0.5, 0.6) is 0 Å². The van der Waals surface area contributed by atoms with Crippen molar-refractivity contribution in [2.75, 3.05) is 11.9 Å². The number of carbonyl (C=O) groups is 2. The van der Waals surface area contributed by atoms with Crippen molar-refractivity contribution in [3.05, 3.63) is 54.1 Å². The zero-order valence-electron chi connectivity index (χ0n) is 12.7. The van der Waals surface area contributed by atoms with Gasteiger partial charge in [-0.3, -0.25) is 9.59 Å². The molecule has 0 aliphatic rings. The lowest BCUT2D eigenvalue weighted by atomic mass is 10.1. The van der Waals surface area contributed by atoms with Gasteiger partial charge in [0.1, 0.15) is 0 Å². The van der Waals surface area contributed by atoms with Crippen LogP contribution < -0.4 is 10.6 Å². The molecule has 0 aromatic heterocycles. The molecule has 1 rings (SSSR count). The molecule has 0 bridgehead atoms. The van der Waals surface area contributed by atoms with Crippen molar-refractivity contribution >= 4 is 17.5 Å². The first-order valence-corrected chi connectivity index (χ1v) is 7.02. The predicted octanol–water partition coefficient (Wildman–Crippen LogP) is 3.14. The molecule has 0 spiro atoms. The van der Waals surface area contributed by atoms with Crippen LogP contribution in [0.3, 0.4) is 0 Å². The van der Waals surface area contributed by atoms with Crippen LogP contribution in [-0.4, -0.2) is 18.4 Å². The van der Waals surface area contributed by atoms with Gasteiger partial charge in [-0.15, -0.1) is 0 Å². The topological polar surface area (TPSA) is 58.2 Å². The van der Waals surface area contributed by atoms with Gasteiger partial charge in [0.05, 0.1) is 11.3 Å². The smallest absolute Gasteiger partial charge is 0.253 e. The lowest BCUT2D eigenvalue weighted by Gasteiger charge is -2.11. The molecule has 1 aromatic rings. The minimum absolute atomic E-state index is 0.183. The van der Waals surface area contributed by atoms with E-state index in [0.717, 1.165) is 0 Å². The SMILES string of the molecule is C/C=C/C=C/C(=O)Nc1ccccc1C(=O)NCC(C)C. The molecule has 4 heteroatoms. The Kier molecular flexibility index (Phi) is 6.95. The summed E-state index contributed by atoms with van der Waals surface area (Å²) in [6, 6.07) is 6.97. The maximum atomic E-state index is 12.1. The zero-order chi connectivity index (χ0) is 15.7. The summed E-state index contributed by atoms with van der Waals surface area (Å²) in [6.07, 6.45) is 6.66. The summed E-state index contributed by atoms with van der Waals surface area (Å²) in [5.74, 6) is -0.0753. The number of para-hydroxylation sites is 1. The largest absolute Gasteiger partial charge is 0.352 e. The summed E-state index contributed by atoms with van der Waals surface area (Å²) < 4.78 is 0. The summed E-state index contributed by atoms with van der Waals surface area (Å²) in [4.78, 5) is 23.9. The molecule has 0 saturated carbocycles. The molecule has 2 amide bonds. The lowest BCUT2D eigenvalue weighted by Crippen LogP contribution is -2.28. The molecule has 0 unspecified atom stereocenters. The summed E-state index contributed by atoms with van der Waals surface area (Å²) in [7, 11) is 0. The average Bonchev–Trinajstić information content (AvgIpc) is 2.45. The summed E-state index contributed by atoms with van der Waals surface area (Å²) in [5.41, 5.74) is 0.972. The summed E-state index contributed by atoms with van der Waals surface area (Å²) in [5, 5.41) is 5.56. The Bertz CT molecular complexity index is 545. The van der Waals surface area contributed by atoms with Gasteiger partial charge in [0.15, 0.2) is 0 Å². The summed E-state index contributed by atoms with van der Waals surface area (Å²) in [6.45, 7) is 6.53. The van der Waals surface area contributed by atoms with E-state index < -0.39 is 0 Å². The van der Waals surface area contributed by atoms with E-state index in [1.54, 1.807) is 36.4 Å². The third-order valence-corrected chi connectivity index (χ3v) is 2.65. The second-order valence-corrected chi connectivity index (χ2v) is 5.02. The molecule has 0 saturated heterocycles. The van der Waals surface area contributed by atoms with Gasteiger partial charge in [0.2, 0.25) is 5.91 Å². The number of benzene rings is 1. The van der Waals surface area contributed by atoms with Crippen LogP contribution in [-0.2, 0) is 4.79 Å². The van der Waals surface area contributed by atoms with Crippen molar-refractivity contribution in [1.29, 1.82) is 0 Å². The Morgan fingerprint density at radius 2 is 1.90 bits per heavy atom. The Morgan fingerprint density at radius 1 is 1.19 bits per heavy atom. The van der Waals surface area contributed by atoms with E-state index in [-0.39, 0.29) is 11.8 Å². The fourth-order valence-electron chi connectivity index (χ4n) is 1.61. The first-order chi connectivity index (χ1) is 10.0. The number of carbonyl (C=O) groups excluding carboxylic acids is 2. The van der Waals surface area contributed by atoms with Gasteiger partial charge in [-0.05, 0) is 25.0 Å². The highest BCUT2D eigenvalue weighted by atomic mass is 16.2. The fourth-order valence-corrected chi connectivity index (χ4v) is 1.61. The minimum Gasteiger partial charge on any atom is -0.352 e. The van der Waals surface area contributed by atoms with Crippen molar-refractivity contribution in [3.63, 3.8) is 0 Å². The highest BCUT2D eigenvalue weighted by Gasteiger charge is 2.12. The van der Waals surface area contributed by atoms with E-state index in [2.05, 4.69) is 10.6 Å². The standard InChI is InChI=1S/C17H22N2O2/c1-4-5-6-11-16(20)19-15-10-8-7-9-14(15)17(21)18-12-13(2)3/h4-11,13H,12H2,1-3H3,(H,18,21)(H,19,20)/b5-4+,11-6+. The first kappa shape index (κ1) is 16.7. The Labute approximate surface area is 125 Å². The lowest BCUT2D eigenvalue weighted by molar-refractivity contribution is -0.111. The van der Waals surface area contributed by atoms with Crippen molar-refractivity contribution in [1.82, 2.24) is 5.32 Å². The molecule has 2 N–H and O–H groups in total. The van der Waals surface area contributed by atoms with E-state index in [1.165, 1.54) is 6.08 Å². The third-order valence-electron chi connectivity index (χ3n) is 2.65. The molecule has 1 aromatic carbocycles. The van der Waals surface area contributed by atoms with Crippen LogP contribution in [0.2, 0.25) is 0 Å². The van der Waals surface area contributed by atoms with Crippen molar-refractivity contribution in [3.8, 4) is 0 Å². The van der Waals surface area contributed by atoms with E-state index in [0.29, 0.717) is 23.7 Å². The minimum atomic E-state index is -0.266. The first-order valence-electron chi connectivity index (χ1n) is 7.02. The Balaban J connectivity index is 2.79. The van der Waals surface area contributed by atoms with Crippen molar-refractivity contribution in [2.45, 2.75) is 20.8 Å². The number of anilines is 1. The normalized spacial score (nSPS) is 11.2. The maximum absolute atomic E-state index is 12.1. The Morgan fingerprint density at radius 3 is 2.57 bits per heavy atom.